The number of rotatable bonds is 7. The average molecular weight is 531 g/mol. The van der Waals surface area contributed by atoms with Gasteiger partial charge in [0.1, 0.15) is 0 Å². The molecule has 2 aliphatic carbocycles. The predicted octanol–water partition coefficient (Wildman–Crippen LogP) is 2.79. The number of aromatic amines is 1. The summed E-state index contributed by atoms with van der Waals surface area (Å²) in [5.41, 5.74) is 0.999. The minimum atomic E-state index is -0.935. The van der Waals surface area contributed by atoms with Gasteiger partial charge in [0.2, 0.25) is 11.8 Å². The second kappa shape index (κ2) is 8.65. The molecular formula is C25H26N2O7S2. The molecule has 0 unspecified atom stereocenters. The number of aliphatic carboxylic acids is 1. The van der Waals surface area contributed by atoms with Crippen LogP contribution in [0.2, 0.25) is 0 Å². The molecule has 7 atom stereocenters. The molecule has 9 nitrogen and oxygen atoms in total. The molecule has 1 aromatic carbocycles. The van der Waals surface area contributed by atoms with E-state index in [0.29, 0.717) is 11.5 Å². The Kier molecular flexibility index (Phi) is 5.67. The zero-order chi connectivity index (χ0) is 25.3. The lowest BCUT2D eigenvalue weighted by molar-refractivity contribution is -0.142. The van der Waals surface area contributed by atoms with E-state index in [1.54, 1.807) is 26.0 Å². The number of H-pyrrole nitrogens is 1. The van der Waals surface area contributed by atoms with Crippen LogP contribution in [0.4, 0.5) is 0 Å². The van der Waals surface area contributed by atoms with Crippen molar-refractivity contribution in [2.45, 2.75) is 35.5 Å². The first-order valence-corrected chi connectivity index (χ1v) is 13.7. The van der Waals surface area contributed by atoms with Gasteiger partial charge in [-0.15, -0.1) is 11.8 Å². The first-order chi connectivity index (χ1) is 17.3. The molecular weight excluding hydrogens is 504 g/mol. The van der Waals surface area contributed by atoms with E-state index in [1.807, 2.05) is 18.2 Å². The number of carboxylic acids is 1. The van der Waals surface area contributed by atoms with Crippen LogP contribution < -0.4 is 14.3 Å². The number of amides is 2. The van der Waals surface area contributed by atoms with Crippen molar-refractivity contribution in [3.8, 4) is 11.5 Å². The van der Waals surface area contributed by atoms with Crippen LogP contribution in [0.5, 0.6) is 11.5 Å². The standard InChI is InChI=1S/C25H26N2O7S2/c1-33-13-6-5-10(8-14(13)34-2)16-17-11-9-12(20(17)35-22-21(16)36-25(32)26-22)19-18(11)23(30)27(24(19)31)7-3-4-15(28)29/h5-6,8,11-12,16-20H,3-4,7,9H2,1-2H3,(H,26,32)(H,28,29)/t11-,12+,16+,17+,18+,19+,20-/m0/s1. The molecule has 1 saturated heterocycles. The molecule has 2 aromatic rings. The lowest BCUT2D eigenvalue weighted by Gasteiger charge is -2.43. The number of thiazole rings is 1. The van der Waals surface area contributed by atoms with E-state index >= 15 is 0 Å². The van der Waals surface area contributed by atoms with E-state index in [4.69, 9.17) is 14.6 Å². The average Bonchev–Trinajstić information content (AvgIpc) is 3.58. The number of nitrogens with one attached hydrogen (secondary N) is 1. The van der Waals surface area contributed by atoms with Gasteiger partial charge < -0.3 is 19.6 Å². The van der Waals surface area contributed by atoms with Gasteiger partial charge in [-0.3, -0.25) is 24.1 Å². The van der Waals surface area contributed by atoms with Crippen LogP contribution >= 0.6 is 23.1 Å². The molecule has 2 bridgehead atoms. The predicted molar refractivity (Wildman–Crippen MR) is 132 cm³/mol. The molecule has 0 radical (unpaired) electrons. The third-order valence-electron chi connectivity index (χ3n) is 8.35. The normalized spacial score (nSPS) is 31.8. The molecule has 11 heteroatoms. The minimum absolute atomic E-state index is 0.0156. The summed E-state index contributed by atoms with van der Waals surface area (Å²) < 4.78 is 11.0. The van der Waals surface area contributed by atoms with Crippen molar-refractivity contribution in [2.24, 2.45) is 29.6 Å². The number of thioether (sulfide) groups is 1. The van der Waals surface area contributed by atoms with Crippen LogP contribution in [0.3, 0.4) is 0 Å². The van der Waals surface area contributed by atoms with Crippen molar-refractivity contribution < 1.29 is 29.0 Å². The Hall–Kier alpha value is -2.79. The Balaban J connectivity index is 1.38. The van der Waals surface area contributed by atoms with Gasteiger partial charge in [-0.1, -0.05) is 17.4 Å². The molecule has 1 aromatic heterocycles. The van der Waals surface area contributed by atoms with Crippen molar-refractivity contribution in [1.82, 2.24) is 9.88 Å². The van der Waals surface area contributed by atoms with E-state index < -0.39 is 5.97 Å². The highest BCUT2D eigenvalue weighted by molar-refractivity contribution is 8.00. The number of hydrogen-bond acceptors (Lipinski definition) is 8. The monoisotopic (exact) mass is 530 g/mol. The lowest BCUT2D eigenvalue weighted by atomic mass is 9.68. The highest BCUT2D eigenvalue weighted by atomic mass is 32.2. The Morgan fingerprint density at radius 1 is 1.11 bits per heavy atom. The number of aromatic nitrogens is 1. The summed E-state index contributed by atoms with van der Waals surface area (Å²) >= 11 is 2.85. The molecule has 2 amide bonds. The third kappa shape index (κ3) is 3.35. The number of ether oxygens (including phenoxy) is 2. The van der Waals surface area contributed by atoms with Crippen LogP contribution in [-0.2, 0) is 14.4 Å². The van der Waals surface area contributed by atoms with Crippen molar-refractivity contribution >= 4 is 40.9 Å². The van der Waals surface area contributed by atoms with E-state index in [0.717, 1.165) is 21.9 Å². The van der Waals surface area contributed by atoms with Crippen molar-refractivity contribution in [1.29, 1.82) is 0 Å². The number of carbonyl (C=O) groups excluding carboxylic acids is 2. The largest absolute Gasteiger partial charge is 0.493 e. The third-order valence-corrected chi connectivity index (χ3v) is 10.9. The number of carbonyl (C=O) groups is 3. The highest BCUT2D eigenvalue weighted by Crippen LogP contribution is 2.68. The minimum Gasteiger partial charge on any atom is -0.493 e. The van der Waals surface area contributed by atoms with Crippen LogP contribution in [0.25, 0.3) is 0 Å². The summed E-state index contributed by atoms with van der Waals surface area (Å²) in [6.07, 6.45) is 0.992. The number of fused-ring (bicyclic) bond motifs is 9. The van der Waals surface area contributed by atoms with Gasteiger partial charge in [0, 0.05) is 29.0 Å². The number of nitrogens with zero attached hydrogens (tertiary/aromatic N) is 1. The second-order valence-electron chi connectivity index (χ2n) is 9.90. The van der Waals surface area contributed by atoms with Crippen LogP contribution in [-0.4, -0.2) is 58.8 Å². The quantitative estimate of drug-likeness (QED) is 0.524. The summed E-state index contributed by atoms with van der Waals surface area (Å²) in [6, 6.07) is 5.81. The van der Waals surface area contributed by atoms with E-state index in [9.17, 15) is 19.2 Å². The Morgan fingerprint density at radius 2 is 1.83 bits per heavy atom. The maximum Gasteiger partial charge on any atom is 0.305 e. The van der Waals surface area contributed by atoms with Gasteiger partial charge in [0.15, 0.2) is 11.5 Å². The van der Waals surface area contributed by atoms with E-state index in [-0.39, 0.29) is 76.8 Å². The summed E-state index contributed by atoms with van der Waals surface area (Å²) in [5.74, 6) is -0.734. The number of methoxy groups -OCH3 is 2. The van der Waals surface area contributed by atoms with Crippen molar-refractivity contribution in [2.75, 3.05) is 20.8 Å². The highest BCUT2D eigenvalue weighted by Gasteiger charge is 2.69. The number of imide groups is 1. The molecule has 3 fully saturated rings. The summed E-state index contributed by atoms with van der Waals surface area (Å²) in [5, 5.41) is 9.93. The second-order valence-corrected chi connectivity index (χ2v) is 12.1. The summed E-state index contributed by atoms with van der Waals surface area (Å²) in [7, 11) is 3.17. The summed E-state index contributed by atoms with van der Waals surface area (Å²) in [4.78, 5) is 55.3. The van der Waals surface area contributed by atoms with Gasteiger partial charge in [-0.05, 0) is 48.3 Å². The number of carboxylic acid groups (broad SMARTS) is 1. The first kappa shape index (κ1) is 23.6. The van der Waals surface area contributed by atoms with Gasteiger partial charge in [-0.2, -0.15) is 0 Å². The van der Waals surface area contributed by atoms with Crippen LogP contribution in [0.1, 0.15) is 35.6 Å². The van der Waals surface area contributed by atoms with Gasteiger partial charge >= 0.3 is 10.8 Å². The molecule has 0 spiro atoms. The van der Waals surface area contributed by atoms with Crippen LogP contribution in [0.15, 0.2) is 28.0 Å². The molecule has 3 heterocycles. The molecule has 2 saturated carbocycles. The Morgan fingerprint density at radius 3 is 2.53 bits per heavy atom. The zero-order valence-corrected chi connectivity index (χ0v) is 21.4. The first-order valence-electron chi connectivity index (χ1n) is 12.0. The molecule has 190 valence electrons. The van der Waals surface area contributed by atoms with Gasteiger partial charge in [-0.25, -0.2) is 0 Å². The number of likely N-dealkylation sites (tertiary alicyclic amines) is 1. The van der Waals surface area contributed by atoms with Crippen LogP contribution in [0, 0.1) is 29.6 Å². The fourth-order valence-electron chi connectivity index (χ4n) is 7.11. The molecule has 6 rings (SSSR count). The molecule has 2 aliphatic heterocycles. The van der Waals surface area contributed by atoms with E-state index in [1.165, 1.54) is 16.2 Å². The zero-order valence-electron chi connectivity index (χ0n) is 19.8. The number of hydrogen-bond donors (Lipinski definition) is 2. The summed E-state index contributed by atoms with van der Waals surface area (Å²) in [6.45, 7) is 0.151. The SMILES string of the molecule is COc1ccc([C@H]2c3sc(=O)[nH]c3S[C@H]3[C@@H]4C[C@H]([C@H]5C(=O)N(CCCC(=O)O)C(=O)[C@H]45)[C@H]23)cc1OC. The fourth-order valence-corrected chi connectivity index (χ4v) is 10.00. The molecule has 36 heavy (non-hydrogen) atoms. The number of benzene rings is 1. The molecule has 2 N–H and O–H groups in total. The van der Waals surface area contributed by atoms with Crippen molar-refractivity contribution in [3.05, 3.63) is 38.3 Å². The maximum absolute atomic E-state index is 13.5. The Labute approximate surface area is 215 Å². The maximum atomic E-state index is 13.5. The fraction of sp³-hybridized carbons (Fsp3) is 0.520. The smallest absolute Gasteiger partial charge is 0.305 e. The molecule has 4 aliphatic rings. The lowest BCUT2D eigenvalue weighted by Crippen LogP contribution is -2.42. The van der Waals surface area contributed by atoms with Gasteiger partial charge in [0.25, 0.3) is 0 Å². The topological polar surface area (TPSA) is 126 Å². The van der Waals surface area contributed by atoms with Gasteiger partial charge in [0.05, 0.1) is 31.1 Å². The van der Waals surface area contributed by atoms with E-state index in [2.05, 4.69) is 4.98 Å². The Bertz CT molecular complexity index is 1320. The van der Waals surface area contributed by atoms with Crippen molar-refractivity contribution in [3.63, 3.8) is 0 Å².